The molecule has 1 unspecified atom stereocenters. The highest BCUT2D eigenvalue weighted by atomic mass is 19.1. The maximum atomic E-state index is 13.4. The average Bonchev–Trinajstić information content (AvgIpc) is 3.26. The Balaban J connectivity index is 1.39. The van der Waals surface area contributed by atoms with E-state index in [4.69, 9.17) is 0 Å². The number of aromatic nitrogens is 4. The standard InChI is InChI=1S/C25H25FN6/c1-18-22(17-29-30-18)24(23-6-2-3-11-27-23)31-13-15-32(16-14-31)25-21(5-4-12-28-25)19-7-9-20(26)10-8-19/h2-12,17,24H,13-16H2,1H3,(H,29,30). The summed E-state index contributed by atoms with van der Waals surface area (Å²) in [5, 5.41) is 7.32. The molecule has 0 bridgehead atoms. The van der Waals surface area contributed by atoms with Gasteiger partial charge in [0, 0.05) is 55.4 Å². The van der Waals surface area contributed by atoms with Crippen LogP contribution < -0.4 is 4.90 Å². The summed E-state index contributed by atoms with van der Waals surface area (Å²) < 4.78 is 13.4. The molecule has 7 heteroatoms. The molecule has 1 aliphatic rings. The molecule has 0 aliphatic carbocycles. The van der Waals surface area contributed by atoms with Crippen LogP contribution in [-0.2, 0) is 0 Å². The molecule has 0 amide bonds. The highest BCUT2D eigenvalue weighted by Crippen LogP contribution is 2.33. The van der Waals surface area contributed by atoms with Crippen molar-refractivity contribution in [1.29, 1.82) is 0 Å². The molecule has 32 heavy (non-hydrogen) atoms. The molecule has 4 heterocycles. The summed E-state index contributed by atoms with van der Waals surface area (Å²) in [4.78, 5) is 14.1. The third-order valence-electron chi connectivity index (χ3n) is 6.05. The van der Waals surface area contributed by atoms with Gasteiger partial charge in [-0.2, -0.15) is 5.10 Å². The summed E-state index contributed by atoms with van der Waals surface area (Å²) in [7, 11) is 0. The van der Waals surface area contributed by atoms with E-state index in [1.54, 1.807) is 0 Å². The van der Waals surface area contributed by atoms with Gasteiger partial charge in [-0.15, -0.1) is 0 Å². The summed E-state index contributed by atoms with van der Waals surface area (Å²) in [6.45, 7) is 5.46. The van der Waals surface area contributed by atoms with Crippen molar-refractivity contribution in [3.8, 4) is 11.1 Å². The number of nitrogens with one attached hydrogen (secondary N) is 1. The Labute approximate surface area is 186 Å². The van der Waals surface area contributed by atoms with E-state index in [0.717, 1.165) is 60.1 Å². The fraction of sp³-hybridized carbons (Fsp3) is 0.240. The second-order valence-electron chi connectivity index (χ2n) is 8.01. The maximum absolute atomic E-state index is 13.4. The Hall–Kier alpha value is -3.58. The van der Waals surface area contributed by atoms with Gasteiger partial charge < -0.3 is 4.90 Å². The zero-order valence-electron chi connectivity index (χ0n) is 17.9. The number of H-pyrrole nitrogens is 1. The molecule has 0 radical (unpaired) electrons. The fourth-order valence-corrected chi connectivity index (χ4v) is 4.41. The number of halogens is 1. The Morgan fingerprint density at radius 1 is 0.906 bits per heavy atom. The first-order valence-electron chi connectivity index (χ1n) is 10.8. The lowest BCUT2D eigenvalue weighted by molar-refractivity contribution is 0.208. The minimum atomic E-state index is -0.233. The van der Waals surface area contributed by atoms with Crippen LogP contribution in [-0.4, -0.2) is 51.2 Å². The van der Waals surface area contributed by atoms with Gasteiger partial charge in [-0.05, 0) is 48.9 Å². The molecule has 1 atom stereocenters. The van der Waals surface area contributed by atoms with Crippen molar-refractivity contribution in [2.75, 3.05) is 31.1 Å². The topological polar surface area (TPSA) is 60.9 Å². The fourth-order valence-electron chi connectivity index (χ4n) is 4.41. The number of benzene rings is 1. The van der Waals surface area contributed by atoms with Crippen LogP contribution >= 0.6 is 0 Å². The molecule has 1 N–H and O–H groups in total. The summed E-state index contributed by atoms with van der Waals surface area (Å²) in [5.41, 5.74) is 5.23. The quantitative estimate of drug-likeness (QED) is 0.516. The highest BCUT2D eigenvalue weighted by Gasteiger charge is 2.30. The number of aryl methyl sites for hydroxylation is 1. The number of anilines is 1. The summed E-state index contributed by atoms with van der Waals surface area (Å²) in [6.07, 6.45) is 5.57. The van der Waals surface area contributed by atoms with E-state index in [0.29, 0.717) is 0 Å². The second kappa shape index (κ2) is 8.88. The summed E-state index contributed by atoms with van der Waals surface area (Å²) >= 11 is 0. The van der Waals surface area contributed by atoms with E-state index in [-0.39, 0.29) is 11.9 Å². The van der Waals surface area contributed by atoms with Crippen LogP contribution in [0.2, 0.25) is 0 Å². The van der Waals surface area contributed by atoms with Crippen LogP contribution in [0.1, 0.15) is 23.0 Å². The Morgan fingerprint density at radius 3 is 2.38 bits per heavy atom. The maximum Gasteiger partial charge on any atom is 0.136 e. The molecule has 1 aromatic carbocycles. The minimum Gasteiger partial charge on any atom is -0.354 e. The molecule has 0 spiro atoms. The van der Waals surface area contributed by atoms with Gasteiger partial charge in [0.05, 0.1) is 17.9 Å². The van der Waals surface area contributed by atoms with E-state index < -0.39 is 0 Å². The predicted molar refractivity (Wildman–Crippen MR) is 123 cm³/mol. The third kappa shape index (κ3) is 3.99. The smallest absolute Gasteiger partial charge is 0.136 e. The van der Waals surface area contributed by atoms with Crippen molar-refractivity contribution in [2.24, 2.45) is 0 Å². The van der Waals surface area contributed by atoms with E-state index >= 15 is 0 Å². The van der Waals surface area contributed by atoms with Gasteiger partial charge in [0.1, 0.15) is 11.6 Å². The van der Waals surface area contributed by atoms with Crippen LogP contribution in [0.15, 0.2) is 73.2 Å². The highest BCUT2D eigenvalue weighted by molar-refractivity contribution is 5.75. The van der Waals surface area contributed by atoms with Crippen molar-refractivity contribution in [3.05, 3.63) is 96.0 Å². The van der Waals surface area contributed by atoms with Crippen molar-refractivity contribution < 1.29 is 4.39 Å². The van der Waals surface area contributed by atoms with Gasteiger partial charge in [-0.3, -0.25) is 15.0 Å². The van der Waals surface area contributed by atoms with Crippen molar-refractivity contribution >= 4 is 5.82 Å². The molecular formula is C25H25FN6. The van der Waals surface area contributed by atoms with E-state index in [2.05, 4.69) is 43.0 Å². The monoisotopic (exact) mass is 428 g/mol. The third-order valence-corrected chi connectivity index (χ3v) is 6.05. The van der Waals surface area contributed by atoms with Crippen molar-refractivity contribution in [1.82, 2.24) is 25.1 Å². The zero-order valence-corrected chi connectivity index (χ0v) is 17.9. The lowest BCUT2D eigenvalue weighted by Gasteiger charge is -2.40. The predicted octanol–water partition coefficient (Wildman–Crippen LogP) is 4.23. The van der Waals surface area contributed by atoms with E-state index in [9.17, 15) is 4.39 Å². The van der Waals surface area contributed by atoms with Gasteiger partial charge >= 0.3 is 0 Å². The summed E-state index contributed by atoms with van der Waals surface area (Å²) in [5.74, 6) is 0.704. The average molecular weight is 429 g/mol. The lowest BCUT2D eigenvalue weighted by Crippen LogP contribution is -2.48. The molecule has 1 saturated heterocycles. The van der Waals surface area contributed by atoms with Crippen LogP contribution in [0.4, 0.5) is 10.2 Å². The first-order chi connectivity index (χ1) is 15.7. The van der Waals surface area contributed by atoms with Gasteiger partial charge in [-0.1, -0.05) is 18.2 Å². The number of aromatic amines is 1. The van der Waals surface area contributed by atoms with Crippen molar-refractivity contribution in [3.63, 3.8) is 0 Å². The van der Waals surface area contributed by atoms with Crippen LogP contribution in [0.3, 0.4) is 0 Å². The molecule has 6 nitrogen and oxygen atoms in total. The lowest BCUT2D eigenvalue weighted by atomic mass is 10.0. The van der Waals surface area contributed by atoms with Crippen LogP contribution in [0, 0.1) is 12.7 Å². The molecule has 1 fully saturated rings. The number of pyridine rings is 2. The normalized spacial score (nSPS) is 15.6. The van der Waals surface area contributed by atoms with Crippen LogP contribution in [0.5, 0.6) is 0 Å². The number of rotatable bonds is 5. The Morgan fingerprint density at radius 2 is 1.69 bits per heavy atom. The number of nitrogens with zero attached hydrogens (tertiary/aromatic N) is 5. The number of hydrogen-bond donors (Lipinski definition) is 1. The summed E-state index contributed by atoms with van der Waals surface area (Å²) in [6, 6.07) is 16.7. The zero-order chi connectivity index (χ0) is 21.9. The number of piperazine rings is 1. The first kappa shape index (κ1) is 20.3. The molecule has 162 valence electrons. The molecule has 4 aromatic rings. The van der Waals surface area contributed by atoms with Crippen molar-refractivity contribution in [2.45, 2.75) is 13.0 Å². The van der Waals surface area contributed by atoms with Gasteiger partial charge in [-0.25, -0.2) is 9.37 Å². The van der Waals surface area contributed by atoms with Gasteiger partial charge in [0.2, 0.25) is 0 Å². The second-order valence-corrected chi connectivity index (χ2v) is 8.01. The molecule has 3 aromatic heterocycles. The Bertz CT molecular complexity index is 1170. The molecule has 5 rings (SSSR count). The Kier molecular flexibility index (Phi) is 5.64. The van der Waals surface area contributed by atoms with Gasteiger partial charge in [0.25, 0.3) is 0 Å². The van der Waals surface area contributed by atoms with E-state index in [1.165, 1.54) is 12.1 Å². The van der Waals surface area contributed by atoms with Crippen LogP contribution in [0.25, 0.3) is 11.1 Å². The SMILES string of the molecule is Cc1[nH]ncc1C(c1ccccn1)N1CCN(c2ncccc2-c2ccc(F)cc2)CC1. The number of hydrogen-bond acceptors (Lipinski definition) is 5. The van der Waals surface area contributed by atoms with Gasteiger partial charge in [0.15, 0.2) is 0 Å². The molecule has 1 aliphatic heterocycles. The first-order valence-corrected chi connectivity index (χ1v) is 10.8. The molecule has 0 saturated carbocycles. The van der Waals surface area contributed by atoms with E-state index in [1.807, 2.05) is 55.0 Å². The largest absolute Gasteiger partial charge is 0.354 e. The minimum absolute atomic E-state index is 0.0531. The molecular weight excluding hydrogens is 403 g/mol.